The zero-order valence-electron chi connectivity index (χ0n) is 10.1. The molecule has 1 saturated heterocycles. The monoisotopic (exact) mass is 250 g/mol. The number of nitrogens with one attached hydrogen (secondary N) is 2. The Morgan fingerprint density at radius 3 is 2.62 bits per heavy atom. The van der Waals surface area contributed by atoms with Crippen molar-refractivity contribution in [2.24, 2.45) is 5.92 Å². The Morgan fingerprint density at radius 1 is 1.44 bits per heavy atom. The largest absolute Gasteiger partial charge is 0.381 e. The van der Waals surface area contributed by atoms with Gasteiger partial charge in [-0.15, -0.1) is 12.4 Å². The molecule has 1 unspecified atom stereocenters. The van der Waals surface area contributed by atoms with Gasteiger partial charge >= 0.3 is 0 Å². The number of ether oxygens (including phenoxy) is 1. The van der Waals surface area contributed by atoms with E-state index in [-0.39, 0.29) is 18.3 Å². The molecule has 0 aromatic heterocycles. The highest BCUT2D eigenvalue weighted by atomic mass is 35.5. The van der Waals surface area contributed by atoms with Gasteiger partial charge in [-0.05, 0) is 32.7 Å². The number of halogens is 1. The Bertz CT molecular complexity index is 196. The van der Waals surface area contributed by atoms with Crippen LogP contribution in [0.2, 0.25) is 0 Å². The van der Waals surface area contributed by atoms with Crippen LogP contribution in [-0.2, 0) is 9.53 Å². The normalized spacial score (nSPS) is 18.6. The molecule has 1 aliphatic heterocycles. The van der Waals surface area contributed by atoms with Gasteiger partial charge in [-0.3, -0.25) is 4.79 Å². The summed E-state index contributed by atoms with van der Waals surface area (Å²) in [7, 11) is 1.90. The fraction of sp³-hybridized carbons (Fsp3) is 0.909. The number of likely N-dealkylation sites (N-methyl/N-ethyl adjacent to an activating group) is 1. The molecule has 0 aromatic carbocycles. The summed E-state index contributed by atoms with van der Waals surface area (Å²) >= 11 is 0. The van der Waals surface area contributed by atoms with Gasteiger partial charge in [-0.25, -0.2) is 0 Å². The molecule has 0 aromatic rings. The van der Waals surface area contributed by atoms with E-state index < -0.39 is 0 Å². The van der Waals surface area contributed by atoms with Crippen molar-refractivity contribution in [1.82, 2.24) is 10.6 Å². The van der Waals surface area contributed by atoms with Crippen molar-refractivity contribution < 1.29 is 9.53 Å². The van der Waals surface area contributed by atoms with Gasteiger partial charge in [0.2, 0.25) is 5.91 Å². The molecule has 0 spiro atoms. The quantitative estimate of drug-likeness (QED) is 0.764. The lowest BCUT2D eigenvalue weighted by Crippen LogP contribution is -2.38. The van der Waals surface area contributed by atoms with Gasteiger partial charge in [-0.1, -0.05) is 0 Å². The van der Waals surface area contributed by atoms with Gasteiger partial charge in [0.05, 0.1) is 0 Å². The maximum Gasteiger partial charge on any atom is 0.220 e. The SMILES string of the molecule is CNC(C)CNC(=O)CC1CCOCC1.Cl. The Balaban J connectivity index is 0.00000225. The van der Waals surface area contributed by atoms with Crippen LogP contribution in [0.5, 0.6) is 0 Å². The first-order valence-corrected chi connectivity index (χ1v) is 5.74. The minimum absolute atomic E-state index is 0. The molecule has 5 heteroatoms. The molecule has 4 nitrogen and oxygen atoms in total. The average molecular weight is 251 g/mol. The molecule has 0 radical (unpaired) electrons. The smallest absolute Gasteiger partial charge is 0.220 e. The third kappa shape index (κ3) is 6.30. The van der Waals surface area contributed by atoms with E-state index in [0.717, 1.165) is 26.1 Å². The summed E-state index contributed by atoms with van der Waals surface area (Å²) in [5.74, 6) is 0.688. The van der Waals surface area contributed by atoms with Gasteiger partial charge in [0.25, 0.3) is 0 Å². The minimum atomic E-state index is 0. The van der Waals surface area contributed by atoms with Crippen molar-refractivity contribution in [2.75, 3.05) is 26.8 Å². The van der Waals surface area contributed by atoms with Crippen molar-refractivity contribution in [1.29, 1.82) is 0 Å². The highest BCUT2D eigenvalue weighted by Gasteiger charge is 2.17. The molecule has 16 heavy (non-hydrogen) atoms. The number of carbonyl (C=O) groups excluding carboxylic acids is 1. The molecule has 1 rings (SSSR count). The van der Waals surface area contributed by atoms with Crippen molar-refractivity contribution >= 4 is 18.3 Å². The first kappa shape index (κ1) is 15.7. The third-order valence-corrected chi connectivity index (χ3v) is 2.91. The van der Waals surface area contributed by atoms with Crippen molar-refractivity contribution in [2.45, 2.75) is 32.2 Å². The molecule has 2 N–H and O–H groups in total. The summed E-state index contributed by atoms with van der Waals surface area (Å²) in [5, 5.41) is 6.03. The summed E-state index contributed by atoms with van der Waals surface area (Å²) in [6.07, 6.45) is 2.70. The maximum absolute atomic E-state index is 11.6. The van der Waals surface area contributed by atoms with Crippen LogP contribution in [-0.4, -0.2) is 38.8 Å². The molecule has 0 saturated carbocycles. The maximum atomic E-state index is 11.6. The highest BCUT2D eigenvalue weighted by molar-refractivity contribution is 5.85. The Labute approximate surface area is 104 Å². The minimum Gasteiger partial charge on any atom is -0.381 e. The van der Waals surface area contributed by atoms with Crippen LogP contribution >= 0.6 is 12.4 Å². The summed E-state index contributed by atoms with van der Waals surface area (Å²) < 4.78 is 5.26. The molecule has 1 heterocycles. The number of hydrogen-bond donors (Lipinski definition) is 2. The van der Waals surface area contributed by atoms with E-state index in [1.54, 1.807) is 0 Å². The molecule has 1 aliphatic rings. The average Bonchev–Trinajstić information content (AvgIpc) is 2.27. The number of carbonyl (C=O) groups is 1. The number of hydrogen-bond acceptors (Lipinski definition) is 3. The zero-order chi connectivity index (χ0) is 11.1. The lowest BCUT2D eigenvalue weighted by atomic mass is 9.96. The molecule has 0 aliphatic carbocycles. The summed E-state index contributed by atoms with van der Waals surface area (Å²) in [5.41, 5.74) is 0. The van der Waals surface area contributed by atoms with Crippen LogP contribution in [0.3, 0.4) is 0 Å². The predicted octanol–water partition coefficient (Wildman–Crippen LogP) is 0.949. The lowest BCUT2D eigenvalue weighted by Gasteiger charge is -2.21. The first-order chi connectivity index (χ1) is 7.22. The molecule has 1 fully saturated rings. The van der Waals surface area contributed by atoms with Crippen molar-refractivity contribution in [3.8, 4) is 0 Å². The predicted molar refractivity (Wildman–Crippen MR) is 66.9 cm³/mol. The summed E-state index contributed by atoms with van der Waals surface area (Å²) in [6.45, 7) is 4.38. The zero-order valence-corrected chi connectivity index (χ0v) is 10.9. The Kier molecular flexibility index (Phi) is 8.61. The lowest BCUT2D eigenvalue weighted by molar-refractivity contribution is -0.122. The molecule has 0 bridgehead atoms. The second-order valence-electron chi connectivity index (χ2n) is 4.25. The Morgan fingerprint density at radius 2 is 2.06 bits per heavy atom. The van der Waals surface area contributed by atoms with Crippen LogP contribution in [0.1, 0.15) is 26.2 Å². The van der Waals surface area contributed by atoms with E-state index in [2.05, 4.69) is 17.6 Å². The fourth-order valence-corrected chi connectivity index (χ4v) is 1.65. The van der Waals surface area contributed by atoms with Crippen molar-refractivity contribution in [3.05, 3.63) is 0 Å². The van der Waals surface area contributed by atoms with E-state index >= 15 is 0 Å². The van der Waals surface area contributed by atoms with Gasteiger partial charge in [0.1, 0.15) is 0 Å². The standard InChI is InChI=1S/C11H22N2O2.ClH/c1-9(12-2)8-13-11(14)7-10-3-5-15-6-4-10;/h9-10,12H,3-8H2,1-2H3,(H,13,14);1H. The van der Waals surface area contributed by atoms with Crippen molar-refractivity contribution in [3.63, 3.8) is 0 Å². The van der Waals surface area contributed by atoms with Gasteiger partial charge in [0, 0.05) is 32.2 Å². The molecule has 1 atom stereocenters. The van der Waals surface area contributed by atoms with Gasteiger partial charge < -0.3 is 15.4 Å². The number of rotatable bonds is 5. The third-order valence-electron chi connectivity index (χ3n) is 2.91. The molecule has 1 amide bonds. The van der Waals surface area contributed by atoms with E-state index in [1.807, 2.05) is 7.05 Å². The topological polar surface area (TPSA) is 50.4 Å². The summed E-state index contributed by atoms with van der Waals surface area (Å²) in [4.78, 5) is 11.6. The highest BCUT2D eigenvalue weighted by Crippen LogP contribution is 2.17. The van der Waals surface area contributed by atoms with E-state index in [1.165, 1.54) is 0 Å². The molecular weight excluding hydrogens is 228 g/mol. The second-order valence-corrected chi connectivity index (χ2v) is 4.25. The van der Waals surface area contributed by atoms with Crippen LogP contribution in [0.4, 0.5) is 0 Å². The number of amides is 1. The van der Waals surface area contributed by atoms with E-state index in [9.17, 15) is 4.79 Å². The van der Waals surface area contributed by atoms with Crippen LogP contribution < -0.4 is 10.6 Å². The van der Waals surface area contributed by atoms with Gasteiger partial charge in [-0.2, -0.15) is 0 Å². The van der Waals surface area contributed by atoms with Crippen LogP contribution in [0, 0.1) is 5.92 Å². The second kappa shape index (κ2) is 8.79. The molecule has 96 valence electrons. The fourth-order valence-electron chi connectivity index (χ4n) is 1.65. The Hall–Kier alpha value is -0.320. The first-order valence-electron chi connectivity index (χ1n) is 5.74. The van der Waals surface area contributed by atoms with E-state index in [4.69, 9.17) is 4.74 Å². The van der Waals surface area contributed by atoms with Crippen LogP contribution in [0.25, 0.3) is 0 Å². The van der Waals surface area contributed by atoms with Crippen LogP contribution in [0.15, 0.2) is 0 Å². The summed E-state index contributed by atoms with van der Waals surface area (Å²) in [6, 6.07) is 0.337. The van der Waals surface area contributed by atoms with E-state index in [0.29, 0.717) is 24.9 Å². The van der Waals surface area contributed by atoms with Gasteiger partial charge in [0.15, 0.2) is 0 Å². The molecular formula is C11H23ClN2O2.